The highest BCUT2D eigenvalue weighted by atomic mass is 35.5. The number of likely N-dealkylation sites (N-methyl/N-ethyl adjacent to an activating group) is 1. The molecular weight excluding hydrogens is 252 g/mol. The Kier molecular flexibility index (Phi) is 5.95. The Hall–Kier alpha value is -1.26. The summed E-state index contributed by atoms with van der Waals surface area (Å²) < 4.78 is 5.59. The quantitative estimate of drug-likeness (QED) is 0.789. The number of halogens is 1. The average molecular weight is 271 g/mol. The van der Waals surface area contributed by atoms with Gasteiger partial charge in [-0.05, 0) is 18.2 Å². The average Bonchev–Trinajstić information content (AvgIpc) is 2.78. The molecule has 18 heavy (non-hydrogen) atoms. The first-order valence-corrected chi connectivity index (χ1v) is 6.04. The molecule has 0 spiro atoms. The molecule has 4 nitrogen and oxygen atoms in total. The Bertz CT molecular complexity index is 373. The molecule has 1 aromatic carbocycles. The van der Waals surface area contributed by atoms with Gasteiger partial charge in [0, 0.05) is 19.5 Å². The van der Waals surface area contributed by atoms with Gasteiger partial charge in [0.2, 0.25) is 0 Å². The second-order valence-electron chi connectivity index (χ2n) is 4.06. The fraction of sp³-hybridized carbons (Fsp3) is 0.462. The van der Waals surface area contributed by atoms with Crippen molar-refractivity contribution in [2.45, 2.75) is 19.4 Å². The van der Waals surface area contributed by atoms with Crippen molar-refractivity contribution in [1.29, 1.82) is 0 Å². The van der Waals surface area contributed by atoms with Gasteiger partial charge in [-0.3, -0.25) is 4.79 Å². The van der Waals surface area contributed by atoms with Crippen molar-refractivity contribution in [3.63, 3.8) is 0 Å². The number of para-hydroxylation sites is 1. The summed E-state index contributed by atoms with van der Waals surface area (Å²) in [6.07, 6.45) is 0.303. The Labute approximate surface area is 114 Å². The van der Waals surface area contributed by atoms with E-state index in [4.69, 9.17) is 4.74 Å². The van der Waals surface area contributed by atoms with Crippen molar-refractivity contribution in [2.75, 3.05) is 19.6 Å². The Balaban J connectivity index is 0.00000162. The van der Waals surface area contributed by atoms with Crippen molar-refractivity contribution < 1.29 is 9.53 Å². The van der Waals surface area contributed by atoms with E-state index < -0.39 is 0 Å². The number of hydrogen-bond donors (Lipinski definition) is 2. The molecule has 0 radical (unpaired) electrons. The molecule has 1 heterocycles. The van der Waals surface area contributed by atoms with Gasteiger partial charge in [0.1, 0.15) is 5.75 Å². The second-order valence-corrected chi connectivity index (χ2v) is 4.06. The van der Waals surface area contributed by atoms with E-state index in [0.717, 1.165) is 24.4 Å². The summed E-state index contributed by atoms with van der Waals surface area (Å²) in [5.74, 6) is 0.804. The highest BCUT2D eigenvalue weighted by molar-refractivity contribution is 5.85. The number of carbonyl (C=O) groups excluding carboxylic acids is 1. The minimum atomic E-state index is -0.367. The molecule has 0 saturated carbocycles. The van der Waals surface area contributed by atoms with Crippen molar-refractivity contribution in [2.24, 2.45) is 0 Å². The molecule has 0 aliphatic carbocycles. The van der Waals surface area contributed by atoms with Gasteiger partial charge in [-0.25, -0.2) is 0 Å². The zero-order valence-electron chi connectivity index (χ0n) is 10.4. The van der Waals surface area contributed by atoms with Crippen molar-refractivity contribution in [3.8, 4) is 5.75 Å². The zero-order chi connectivity index (χ0) is 12.1. The van der Waals surface area contributed by atoms with Gasteiger partial charge in [0.05, 0.1) is 0 Å². The van der Waals surface area contributed by atoms with Crippen LogP contribution in [0, 0.1) is 0 Å². The maximum Gasteiger partial charge on any atom is 0.261 e. The summed E-state index contributed by atoms with van der Waals surface area (Å²) in [6.45, 7) is 4.39. The molecule has 1 aliphatic heterocycles. The van der Waals surface area contributed by atoms with Gasteiger partial charge in [-0.1, -0.05) is 25.1 Å². The van der Waals surface area contributed by atoms with E-state index >= 15 is 0 Å². The van der Waals surface area contributed by atoms with Crippen LogP contribution in [0.5, 0.6) is 5.75 Å². The third kappa shape index (κ3) is 3.62. The second kappa shape index (κ2) is 7.24. The van der Waals surface area contributed by atoms with Gasteiger partial charge in [0.25, 0.3) is 5.91 Å². The van der Waals surface area contributed by atoms with E-state index in [0.29, 0.717) is 13.0 Å². The Morgan fingerprint density at radius 3 is 2.89 bits per heavy atom. The minimum absolute atomic E-state index is 0. The highest BCUT2D eigenvalue weighted by Crippen LogP contribution is 2.27. The van der Waals surface area contributed by atoms with Gasteiger partial charge in [0.15, 0.2) is 6.10 Å². The lowest BCUT2D eigenvalue weighted by molar-refractivity contribution is -0.127. The van der Waals surface area contributed by atoms with Gasteiger partial charge in [-0.2, -0.15) is 0 Å². The first-order chi connectivity index (χ1) is 8.31. The molecule has 1 aliphatic rings. The summed E-state index contributed by atoms with van der Waals surface area (Å²) in [5, 5.41) is 6.02. The van der Waals surface area contributed by atoms with Crippen molar-refractivity contribution in [3.05, 3.63) is 29.8 Å². The lowest BCUT2D eigenvalue weighted by Crippen LogP contribution is -2.40. The van der Waals surface area contributed by atoms with Gasteiger partial charge in [-0.15, -0.1) is 12.4 Å². The van der Waals surface area contributed by atoms with Crippen molar-refractivity contribution in [1.82, 2.24) is 10.6 Å². The maximum atomic E-state index is 11.8. The predicted octanol–water partition coefficient (Wildman–Crippen LogP) is 1.14. The number of carbonyl (C=O) groups is 1. The largest absolute Gasteiger partial charge is 0.480 e. The van der Waals surface area contributed by atoms with Crippen LogP contribution in [0.3, 0.4) is 0 Å². The Morgan fingerprint density at radius 2 is 2.17 bits per heavy atom. The maximum absolute atomic E-state index is 11.8. The van der Waals surface area contributed by atoms with Crippen LogP contribution in [0.25, 0.3) is 0 Å². The molecule has 0 aromatic heterocycles. The summed E-state index contributed by atoms with van der Waals surface area (Å²) in [7, 11) is 0. The van der Waals surface area contributed by atoms with Crippen LogP contribution in [-0.4, -0.2) is 31.6 Å². The molecule has 100 valence electrons. The standard InChI is InChI=1S/C13H18N2O2.ClH/c1-2-14-7-8-15-13(16)12-9-10-5-3-4-6-11(10)17-12;/h3-6,12,14H,2,7-9H2,1H3,(H,15,16);1H. The molecule has 2 rings (SSSR count). The molecule has 5 heteroatoms. The molecule has 1 unspecified atom stereocenters. The van der Waals surface area contributed by atoms with Crippen LogP contribution in [0.15, 0.2) is 24.3 Å². The number of nitrogens with one attached hydrogen (secondary N) is 2. The van der Waals surface area contributed by atoms with Gasteiger partial charge >= 0.3 is 0 Å². The smallest absolute Gasteiger partial charge is 0.261 e. The van der Waals surface area contributed by atoms with Gasteiger partial charge < -0.3 is 15.4 Å². The first kappa shape index (κ1) is 14.8. The van der Waals surface area contributed by atoms with Crippen molar-refractivity contribution >= 4 is 18.3 Å². The molecule has 0 bridgehead atoms. The third-order valence-electron chi connectivity index (χ3n) is 2.79. The predicted molar refractivity (Wildman–Crippen MR) is 73.4 cm³/mol. The lowest BCUT2D eigenvalue weighted by atomic mass is 10.1. The van der Waals surface area contributed by atoms with E-state index in [1.165, 1.54) is 0 Å². The molecule has 1 aromatic rings. The van der Waals surface area contributed by atoms with Crippen LogP contribution in [0.2, 0.25) is 0 Å². The normalized spacial score (nSPS) is 16.4. The molecular formula is C13H19ClN2O2. The van der Waals surface area contributed by atoms with Crippen LogP contribution in [-0.2, 0) is 11.2 Å². The molecule has 2 N–H and O–H groups in total. The van der Waals surface area contributed by atoms with E-state index in [1.807, 2.05) is 31.2 Å². The van der Waals surface area contributed by atoms with E-state index in [2.05, 4.69) is 10.6 Å². The van der Waals surface area contributed by atoms with Crippen LogP contribution >= 0.6 is 12.4 Å². The Morgan fingerprint density at radius 1 is 1.39 bits per heavy atom. The van der Waals surface area contributed by atoms with E-state index in [1.54, 1.807) is 0 Å². The highest BCUT2D eigenvalue weighted by Gasteiger charge is 2.28. The summed E-state index contributed by atoms with van der Waals surface area (Å²) >= 11 is 0. The number of benzene rings is 1. The monoisotopic (exact) mass is 270 g/mol. The number of hydrogen-bond acceptors (Lipinski definition) is 3. The minimum Gasteiger partial charge on any atom is -0.480 e. The number of rotatable bonds is 5. The van der Waals surface area contributed by atoms with Crippen LogP contribution in [0.1, 0.15) is 12.5 Å². The number of amides is 1. The summed E-state index contributed by atoms with van der Waals surface area (Å²) in [5.41, 5.74) is 1.11. The number of fused-ring (bicyclic) bond motifs is 1. The summed E-state index contributed by atoms with van der Waals surface area (Å²) in [4.78, 5) is 11.8. The molecule has 1 amide bonds. The SMILES string of the molecule is CCNCCNC(=O)C1Cc2ccccc2O1.Cl. The zero-order valence-corrected chi connectivity index (χ0v) is 11.3. The molecule has 0 fully saturated rings. The lowest BCUT2D eigenvalue weighted by Gasteiger charge is -2.11. The van der Waals surface area contributed by atoms with E-state index in [9.17, 15) is 4.79 Å². The van der Waals surface area contributed by atoms with Crippen LogP contribution in [0.4, 0.5) is 0 Å². The number of ether oxygens (including phenoxy) is 1. The molecule has 1 atom stereocenters. The first-order valence-electron chi connectivity index (χ1n) is 6.04. The van der Waals surface area contributed by atoms with Crippen LogP contribution < -0.4 is 15.4 Å². The fourth-order valence-corrected chi connectivity index (χ4v) is 1.89. The molecule has 0 saturated heterocycles. The summed E-state index contributed by atoms with van der Waals surface area (Å²) in [6, 6.07) is 7.79. The third-order valence-corrected chi connectivity index (χ3v) is 2.79. The topological polar surface area (TPSA) is 50.4 Å². The fourth-order valence-electron chi connectivity index (χ4n) is 1.89. The van der Waals surface area contributed by atoms with E-state index in [-0.39, 0.29) is 24.4 Å².